The fourth-order valence-corrected chi connectivity index (χ4v) is 1.77. The molecule has 1 aromatic carbocycles. The van der Waals surface area contributed by atoms with Crippen LogP contribution in [0, 0.1) is 0 Å². The van der Waals surface area contributed by atoms with Crippen LogP contribution < -0.4 is 10.5 Å². The highest BCUT2D eigenvalue weighted by Gasteiger charge is 2.32. The van der Waals surface area contributed by atoms with Crippen LogP contribution in [0.5, 0.6) is 5.75 Å². The summed E-state index contributed by atoms with van der Waals surface area (Å²) in [6.07, 6.45) is -2.65. The molecule has 2 aromatic rings. The van der Waals surface area contributed by atoms with Crippen molar-refractivity contribution in [2.45, 2.75) is 18.8 Å². The molecule has 0 spiro atoms. The molecule has 0 aliphatic rings. The molecule has 1 heterocycles. The van der Waals surface area contributed by atoms with Crippen LogP contribution in [0.25, 0.3) is 0 Å². The summed E-state index contributed by atoms with van der Waals surface area (Å²) in [6.45, 7) is 0.169. The molecule has 2 rings (SSSR count). The molecule has 0 aliphatic heterocycles. The van der Waals surface area contributed by atoms with Crippen LogP contribution in [0.4, 0.5) is 13.2 Å². The first kappa shape index (κ1) is 14.4. The van der Waals surface area contributed by atoms with Gasteiger partial charge in [0.15, 0.2) is 0 Å². The van der Waals surface area contributed by atoms with Crippen molar-refractivity contribution in [1.29, 1.82) is 0 Å². The molecule has 20 heavy (non-hydrogen) atoms. The molecule has 0 amide bonds. The number of halogens is 3. The van der Waals surface area contributed by atoms with Crippen LogP contribution in [0.1, 0.15) is 17.2 Å². The highest BCUT2D eigenvalue weighted by molar-refractivity contribution is 5.28. The maximum Gasteiger partial charge on any atom is 0.419 e. The number of hydrogen-bond donors (Lipinski definition) is 1. The van der Waals surface area contributed by atoms with Gasteiger partial charge in [-0.1, -0.05) is 12.1 Å². The van der Waals surface area contributed by atoms with Gasteiger partial charge >= 0.3 is 6.18 Å². The number of hydrogen-bond acceptors (Lipinski definition) is 3. The fourth-order valence-electron chi connectivity index (χ4n) is 1.77. The zero-order valence-corrected chi connectivity index (χ0v) is 10.8. The summed E-state index contributed by atoms with van der Waals surface area (Å²) in [5, 5.41) is 3.67. The van der Waals surface area contributed by atoms with Gasteiger partial charge in [-0.2, -0.15) is 18.3 Å². The van der Waals surface area contributed by atoms with Crippen molar-refractivity contribution in [3.63, 3.8) is 0 Å². The van der Waals surface area contributed by atoms with Gasteiger partial charge in [-0.15, -0.1) is 0 Å². The molecule has 4 nitrogen and oxygen atoms in total. The van der Waals surface area contributed by atoms with E-state index in [0.717, 1.165) is 18.0 Å². The molecule has 2 N–H and O–H groups in total. The number of ether oxygens (including phenoxy) is 1. The zero-order valence-electron chi connectivity index (χ0n) is 10.8. The predicted octanol–water partition coefficient (Wildman–Crippen LogP) is 2.61. The molecule has 1 atom stereocenters. The molecule has 7 heteroatoms. The van der Waals surface area contributed by atoms with E-state index in [9.17, 15) is 13.2 Å². The van der Waals surface area contributed by atoms with Crippen LogP contribution >= 0.6 is 0 Å². The molecule has 0 radical (unpaired) electrons. The first-order valence-electron chi connectivity index (χ1n) is 5.89. The Kier molecular flexibility index (Phi) is 3.99. The minimum atomic E-state index is -4.39. The van der Waals surface area contributed by atoms with E-state index in [1.54, 1.807) is 31.4 Å². The van der Waals surface area contributed by atoms with Crippen LogP contribution in [-0.2, 0) is 12.7 Å². The third-order valence-electron chi connectivity index (χ3n) is 2.89. The molecule has 0 saturated carbocycles. The van der Waals surface area contributed by atoms with Crippen molar-refractivity contribution in [3.05, 3.63) is 47.8 Å². The lowest BCUT2D eigenvalue weighted by Gasteiger charge is -2.12. The molecular weight excluding hydrogens is 271 g/mol. The summed E-state index contributed by atoms with van der Waals surface area (Å²) in [5.41, 5.74) is 5.98. The number of nitrogens with zero attached hydrogens (tertiary/aromatic N) is 2. The van der Waals surface area contributed by atoms with Gasteiger partial charge in [-0.05, 0) is 17.7 Å². The SMILES string of the molecule is COc1ccc(C(N)Cn2cc(C(F)(F)F)cn2)cc1. The number of nitrogens with two attached hydrogens (primary N) is 1. The molecule has 0 saturated heterocycles. The van der Waals surface area contributed by atoms with Gasteiger partial charge in [0.05, 0.1) is 25.4 Å². The van der Waals surface area contributed by atoms with E-state index in [0.29, 0.717) is 5.75 Å². The predicted molar refractivity (Wildman–Crippen MR) is 67.2 cm³/mol. The second-order valence-corrected chi connectivity index (χ2v) is 4.33. The zero-order chi connectivity index (χ0) is 14.8. The van der Waals surface area contributed by atoms with E-state index in [-0.39, 0.29) is 6.54 Å². The minimum Gasteiger partial charge on any atom is -0.497 e. The highest BCUT2D eigenvalue weighted by Crippen LogP contribution is 2.28. The first-order chi connectivity index (χ1) is 9.40. The van der Waals surface area contributed by atoms with E-state index < -0.39 is 17.8 Å². The van der Waals surface area contributed by atoms with Crippen molar-refractivity contribution < 1.29 is 17.9 Å². The topological polar surface area (TPSA) is 53.1 Å². The van der Waals surface area contributed by atoms with Gasteiger partial charge in [-0.3, -0.25) is 4.68 Å². The van der Waals surface area contributed by atoms with Gasteiger partial charge in [0, 0.05) is 12.2 Å². The van der Waals surface area contributed by atoms with Crippen LogP contribution in [0.3, 0.4) is 0 Å². The summed E-state index contributed by atoms with van der Waals surface area (Å²) in [6, 6.07) is 6.61. The van der Waals surface area contributed by atoms with Crippen molar-refractivity contribution in [2.24, 2.45) is 5.73 Å². The smallest absolute Gasteiger partial charge is 0.419 e. The van der Waals surface area contributed by atoms with E-state index in [1.807, 2.05) is 0 Å². The average Bonchev–Trinajstić information content (AvgIpc) is 2.87. The molecule has 108 valence electrons. The summed E-state index contributed by atoms with van der Waals surface area (Å²) in [5.74, 6) is 0.694. The average molecular weight is 285 g/mol. The summed E-state index contributed by atoms with van der Waals surface area (Å²) < 4.78 is 43.6. The number of methoxy groups -OCH3 is 1. The quantitative estimate of drug-likeness (QED) is 0.939. The van der Waals surface area contributed by atoms with Crippen molar-refractivity contribution in [3.8, 4) is 5.75 Å². The van der Waals surface area contributed by atoms with Gasteiger partial charge in [0.25, 0.3) is 0 Å². The van der Waals surface area contributed by atoms with Gasteiger partial charge in [-0.25, -0.2) is 0 Å². The van der Waals surface area contributed by atoms with Crippen LogP contribution in [0.15, 0.2) is 36.7 Å². The first-order valence-corrected chi connectivity index (χ1v) is 5.89. The Hall–Kier alpha value is -2.02. The normalized spacial score (nSPS) is 13.2. The lowest BCUT2D eigenvalue weighted by atomic mass is 10.1. The van der Waals surface area contributed by atoms with Crippen molar-refractivity contribution in [1.82, 2.24) is 9.78 Å². The maximum atomic E-state index is 12.4. The number of rotatable bonds is 4. The Bertz CT molecular complexity index is 563. The second-order valence-electron chi connectivity index (χ2n) is 4.33. The molecule has 0 bridgehead atoms. The van der Waals surface area contributed by atoms with E-state index in [4.69, 9.17) is 10.5 Å². The van der Waals surface area contributed by atoms with E-state index >= 15 is 0 Å². The van der Waals surface area contributed by atoms with Crippen molar-refractivity contribution >= 4 is 0 Å². The number of benzene rings is 1. The Morgan fingerprint density at radius 3 is 2.45 bits per heavy atom. The monoisotopic (exact) mass is 285 g/mol. The fraction of sp³-hybridized carbons (Fsp3) is 0.308. The molecular formula is C13H14F3N3O. The molecule has 0 fully saturated rings. The van der Waals surface area contributed by atoms with Crippen LogP contribution in [0.2, 0.25) is 0 Å². The summed E-state index contributed by atoms with van der Waals surface area (Å²) in [7, 11) is 1.55. The van der Waals surface area contributed by atoms with E-state index in [2.05, 4.69) is 5.10 Å². The van der Waals surface area contributed by atoms with Gasteiger partial charge in [0.2, 0.25) is 0 Å². The Labute approximate surface area is 114 Å². The maximum absolute atomic E-state index is 12.4. The largest absolute Gasteiger partial charge is 0.497 e. The van der Waals surface area contributed by atoms with Gasteiger partial charge in [0.1, 0.15) is 5.75 Å². The Morgan fingerprint density at radius 1 is 1.30 bits per heavy atom. The third kappa shape index (κ3) is 3.30. The lowest BCUT2D eigenvalue weighted by molar-refractivity contribution is -0.137. The Morgan fingerprint density at radius 2 is 1.95 bits per heavy atom. The minimum absolute atomic E-state index is 0.169. The summed E-state index contributed by atoms with van der Waals surface area (Å²) >= 11 is 0. The lowest BCUT2D eigenvalue weighted by Crippen LogP contribution is -2.18. The standard InChI is InChI=1S/C13H14F3N3O/c1-20-11-4-2-9(3-5-11)12(17)8-19-7-10(6-18-19)13(14,15)16/h2-7,12H,8,17H2,1H3. The summed E-state index contributed by atoms with van der Waals surface area (Å²) in [4.78, 5) is 0. The molecule has 1 unspecified atom stereocenters. The molecule has 1 aromatic heterocycles. The van der Waals surface area contributed by atoms with Crippen LogP contribution in [-0.4, -0.2) is 16.9 Å². The Balaban J connectivity index is 2.07. The third-order valence-corrected chi connectivity index (χ3v) is 2.89. The molecule has 0 aliphatic carbocycles. The van der Waals surface area contributed by atoms with Crippen molar-refractivity contribution in [2.75, 3.05) is 7.11 Å². The highest BCUT2D eigenvalue weighted by atomic mass is 19.4. The number of aromatic nitrogens is 2. The second kappa shape index (κ2) is 5.54. The van der Waals surface area contributed by atoms with E-state index in [1.165, 1.54) is 4.68 Å². The number of alkyl halides is 3. The van der Waals surface area contributed by atoms with Gasteiger partial charge < -0.3 is 10.5 Å².